The molecule has 3 aromatic carbocycles. The molecule has 0 atom stereocenters. The van der Waals surface area contributed by atoms with Crippen molar-refractivity contribution in [2.45, 2.75) is 26.8 Å². The van der Waals surface area contributed by atoms with Crippen molar-refractivity contribution in [3.8, 4) is 0 Å². The van der Waals surface area contributed by atoms with Gasteiger partial charge in [0.2, 0.25) is 0 Å². The monoisotopic (exact) mass is 412 g/mol. The van der Waals surface area contributed by atoms with E-state index in [1.54, 1.807) is 0 Å². The summed E-state index contributed by atoms with van der Waals surface area (Å²) in [6.45, 7) is 10.4. The number of aryl methyl sites for hydroxylation is 3. The summed E-state index contributed by atoms with van der Waals surface area (Å²) in [5, 5.41) is 0. The highest BCUT2D eigenvalue weighted by Crippen LogP contribution is 2.29. The maximum atomic E-state index is 13.1. The topological polar surface area (TPSA) is 23.6 Å². The Kier molecular flexibility index (Phi) is 6.64. The van der Waals surface area contributed by atoms with E-state index in [-0.39, 0.29) is 11.8 Å². The van der Waals surface area contributed by atoms with Gasteiger partial charge in [0.05, 0.1) is 12.6 Å². The van der Waals surface area contributed by atoms with Crippen LogP contribution in [-0.2, 0) is 0 Å². The molecule has 0 saturated carbocycles. The molecule has 1 heterocycles. The van der Waals surface area contributed by atoms with Crippen molar-refractivity contribution in [3.05, 3.63) is 106 Å². The summed E-state index contributed by atoms with van der Waals surface area (Å²) in [6.07, 6.45) is 0. The number of piperazine rings is 1. The quantitative estimate of drug-likeness (QED) is 0.520. The lowest BCUT2D eigenvalue weighted by Gasteiger charge is -2.39. The maximum Gasteiger partial charge on any atom is 0.177 e. The second kappa shape index (κ2) is 9.59. The van der Waals surface area contributed by atoms with Crippen LogP contribution < -0.4 is 0 Å². The summed E-state index contributed by atoms with van der Waals surface area (Å²) in [4.78, 5) is 17.9. The van der Waals surface area contributed by atoms with Crippen molar-refractivity contribution < 1.29 is 4.79 Å². The van der Waals surface area contributed by atoms with E-state index in [1.165, 1.54) is 16.7 Å². The van der Waals surface area contributed by atoms with Gasteiger partial charge in [-0.2, -0.15) is 0 Å². The van der Waals surface area contributed by atoms with Crippen molar-refractivity contribution >= 4 is 5.78 Å². The summed E-state index contributed by atoms with van der Waals surface area (Å²) in [7, 11) is 0. The molecule has 0 bridgehead atoms. The van der Waals surface area contributed by atoms with E-state index in [0.29, 0.717) is 6.54 Å². The van der Waals surface area contributed by atoms with Gasteiger partial charge in [0, 0.05) is 31.7 Å². The van der Waals surface area contributed by atoms with Crippen LogP contribution in [0.15, 0.2) is 72.8 Å². The Morgan fingerprint density at radius 3 is 1.74 bits per heavy atom. The van der Waals surface area contributed by atoms with Crippen molar-refractivity contribution in [1.29, 1.82) is 0 Å². The fourth-order valence-electron chi connectivity index (χ4n) is 4.97. The number of Topliss-reactive ketones (excluding diaryl/α,β-unsaturated/α-hetero) is 1. The second-order valence-corrected chi connectivity index (χ2v) is 8.73. The van der Waals surface area contributed by atoms with Crippen LogP contribution >= 0.6 is 0 Å². The summed E-state index contributed by atoms with van der Waals surface area (Å²) in [5.74, 6) is 0.242. The average molecular weight is 413 g/mol. The fourth-order valence-corrected chi connectivity index (χ4v) is 4.97. The third kappa shape index (κ3) is 4.95. The molecule has 0 aromatic heterocycles. The van der Waals surface area contributed by atoms with Crippen molar-refractivity contribution in [2.75, 3.05) is 32.7 Å². The molecule has 4 rings (SSSR count). The molecule has 0 spiro atoms. The molecule has 1 aliphatic rings. The van der Waals surface area contributed by atoms with Gasteiger partial charge in [-0.3, -0.25) is 14.6 Å². The predicted octanol–water partition coefficient (Wildman–Crippen LogP) is 5.20. The normalized spacial score (nSPS) is 15.4. The summed E-state index contributed by atoms with van der Waals surface area (Å²) in [5.41, 5.74) is 6.95. The van der Waals surface area contributed by atoms with Crippen molar-refractivity contribution in [2.24, 2.45) is 0 Å². The first kappa shape index (κ1) is 21.5. The smallest absolute Gasteiger partial charge is 0.177 e. The molecule has 0 aliphatic carbocycles. The Morgan fingerprint density at radius 1 is 0.774 bits per heavy atom. The molecule has 0 amide bonds. The van der Waals surface area contributed by atoms with Crippen LogP contribution in [0.4, 0.5) is 0 Å². The molecule has 1 fully saturated rings. The van der Waals surface area contributed by atoms with E-state index in [1.807, 2.05) is 0 Å². The minimum absolute atomic E-state index is 0.242. The van der Waals surface area contributed by atoms with Crippen molar-refractivity contribution in [3.63, 3.8) is 0 Å². The Morgan fingerprint density at radius 2 is 1.26 bits per heavy atom. The average Bonchev–Trinajstić information content (AvgIpc) is 2.76. The van der Waals surface area contributed by atoms with E-state index in [0.717, 1.165) is 42.9 Å². The van der Waals surface area contributed by atoms with Gasteiger partial charge in [-0.1, -0.05) is 78.4 Å². The van der Waals surface area contributed by atoms with Crippen LogP contribution in [0, 0.1) is 20.8 Å². The molecule has 3 nitrogen and oxygen atoms in total. The molecule has 3 aromatic rings. The lowest BCUT2D eigenvalue weighted by molar-refractivity contribution is 0.0807. The Bertz CT molecular complexity index is 959. The fraction of sp³-hybridized carbons (Fsp3) is 0.321. The first-order chi connectivity index (χ1) is 15.0. The SMILES string of the molecule is Cc1cc(C)c(C(=O)CN2CCN(C(c3ccccc3)c3ccccc3)CC2)c(C)c1. The number of benzene rings is 3. The Balaban J connectivity index is 1.45. The van der Waals surface area contributed by atoms with E-state index in [4.69, 9.17) is 0 Å². The standard InChI is InChI=1S/C28H32N2O/c1-21-18-22(2)27(23(3)19-21)26(31)20-29-14-16-30(17-15-29)28(24-10-6-4-7-11-24)25-12-8-5-9-13-25/h4-13,18-19,28H,14-17,20H2,1-3H3. The maximum absolute atomic E-state index is 13.1. The van der Waals surface area contributed by atoms with E-state index in [2.05, 4.69) is 103 Å². The first-order valence-corrected chi connectivity index (χ1v) is 11.2. The van der Waals surface area contributed by atoms with Crippen LogP contribution in [0.5, 0.6) is 0 Å². The zero-order valence-electron chi connectivity index (χ0n) is 18.8. The number of carbonyl (C=O) groups excluding carboxylic acids is 1. The number of rotatable bonds is 6. The first-order valence-electron chi connectivity index (χ1n) is 11.2. The largest absolute Gasteiger partial charge is 0.293 e. The van der Waals surface area contributed by atoms with Gasteiger partial charge in [-0.05, 0) is 43.0 Å². The van der Waals surface area contributed by atoms with E-state index in [9.17, 15) is 4.79 Å². The van der Waals surface area contributed by atoms with Gasteiger partial charge in [0.15, 0.2) is 5.78 Å². The van der Waals surface area contributed by atoms with Crippen LogP contribution in [0.25, 0.3) is 0 Å². The predicted molar refractivity (Wildman–Crippen MR) is 128 cm³/mol. The summed E-state index contributed by atoms with van der Waals surface area (Å²) < 4.78 is 0. The number of ketones is 1. The number of hydrogen-bond acceptors (Lipinski definition) is 3. The molecule has 31 heavy (non-hydrogen) atoms. The highest BCUT2D eigenvalue weighted by Gasteiger charge is 2.27. The number of carbonyl (C=O) groups is 1. The highest BCUT2D eigenvalue weighted by atomic mass is 16.1. The Labute approximate surface area is 186 Å². The number of nitrogens with zero attached hydrogens (tertiary/aromatic N) is 2. The van der Waals surface area contributed by atoms with E-state index < -0.39 is 0 Å². The van der Waals surface area contributed by atoms with Crippen LogP contribution in [0.2, 0.25) is 0 Å². The Hall–Kier alpha value is -2.75. The molecule has 0 N–H and O–H groups in total. The molecule has 3 heteroatoms. The molecule has 160 valence electrons. The minimum atomic E-state index is 0.242. The van der Waals surface area contributed by atoms with E-state index >= 15 is 0 Å². The van der Waals surface area contributed by atoms with Gasteiger partial charge in [0.25, 0.3) is 0 Å². The van der Waals surface area contributed by atoms with Gasteiger partial charge in [-0.15, -0.1) is 0 Å². The number of hydrogen-bond donors (Lipinski definition) is 0. The zero-order valence-corrected chi connectivity index (χ0v) is 18.8. The lowest BCUT2D eigenvalue weighted by atomic mass is 9.95. The van der Waals surface area contributed by atoms with Crippen molar-refractivity contribution in [1.82, 2.24) is 9.80 Å². The van der Waals surface area contributed by atoms with Crippen LogP contribution in [0.3, 0.4) is 0 Å². The van der Waals surface area contributed by atoms with Gasteiger partial charge >= 0.3 is 0 Å². The molecular weight excluding hydrogens is 380 g/mol. The second-order valence-electron chi connectivity index (χ2n) is 8.73. The van der Waals surface area contributed by atoms with Gasteiger partial charge < -0.3 is 0 Å². The molecule has 1 aliphatic heterocycles. The third-order valence-corrected chi connectivity index (χ3v) is 6.33. The minimum Gasteiger partial charge on any atom is -0.293 e. The highest BCUT2D eigenvalue weighted by molar-refractivity contribution is 6.00. The zero-order chi connectivity index (χ0) is 21.8. The lowest BCUT2D eigenvalue weighted by Crippen LogP contribution is -2.49. The molecular formula is C28H32N2O. The van der Waals surface area contributed by atoms with Crippen LogP contribution in [0.1, 0.15) is 44.2 Å². The molecule has 0 radical (unpaired) electrons. The van der Waals surface area contributed by atoms with Gasteiger partial charge in [0.1, 0.15) is 0 Å². The molecule has 0 unspecified atom stereocenters. The van der Waals surface area contributed by atoms with Crippen LogP contribution in [-0.4, -0.2) is 48.3 Å². The third-order valence-electron chi connectivity index (χ3n) is 6.33. The summed E-state index contributed by atoms with van der Waals surface area (Å²) in [6, 6.07) is 26.0. The van der Waals surface area contributed by atoms with Gasteiger partial charge in [-0.25, -0.2) is 0 Å². The summed E-state index contributed by atoms with van der Waals surface area (Å²) >= 11 is 0. The molecule has 1 saturated heterocycles.